The van der Waals surface area contributed by atoms with Crippen molar-refractivity contribution in [3.8, 4) is 11.5 Å². The molecular weight excluding hydrogens is 384 g/mol. The third kappa shape index (κ3) is 3.63. The molecule has 0 aliphatic heterocycles. The molecule has 1 atom stereocenters. The molecule has 146 valence electrons. The van der Waals surface area contributed by atoms with Gasteiger partial charge < -0.3 is 14.8 Å². The van der Waals surface area contributed by atoms with Gasteiger partial charge in [-0.3, -0.25) is 9.59 Å². The van der Waals surface area contributed by atoms with E-state index in [-0.39, 0.29) is 5.56 Å². The van der Waals surface area contributed by atoms with Gasteiger partial charge in [-0.05, 0) is 24.6 Å². The molecule has 0 radical (unpaired) electrons. The van der Waals surface area contributed by atoms with Gasteiger partial charge in [-0.25, -0.2) is 0 Å². The fourth-order valence-electron chi connectivity index (χ4n) is 2.85. The molecule has 8 nitrogen and oxygen atoms in total. The van der Waals surface area contributed by atoms with Crippen molar-refractivity contribution in [2.45, 2.75) is 19.4 Å². The first-order valence-electron chi connectivity index (χ1n) is 8.56. The number of rotatable bonds is 6. The van der Waals surface area contributed by atoms with Gasteiger partial charge >= 0.3 is 0 Å². The van der Waals surface area contributed by atoms with Crippen molar-refractivity contribution in [2.75, 3.05) is 19.5 Å². The number of amides is 1. The maximum atomic E-state index is 12.9. The van der Waals surface area contributed by atoms with Gasteiger partial charge in [0.2, 0.25) is 5.91 Å². The lowest BCUT2D eigenvalue weighted by Crippen LogP contribution is -2.35. The number of hydrogen-bond donors (Lipinski definition) is 1. The fraction of sp³-hybridized carbons (Fsp3) is 0.263. The molecule has 3 aromatic rings. The average molecular weight is 403 g/mol. The van der Waals surface area contributed by atoms with E-state index >= 15 is 0 Å². The van der Waals surface area contributed by atoms with Crippen LogP contribution in [0.1, 0.15) is 19.4 Å². The number of fused-ring (bicyclic) bond motifs is 1. The Hall–Kier alpha value is -3.13. The maximum Gasteiger partial charge on any atom is 0.278 e. The van der Waals surface area contributed by atoms with E-state index in [0.29, 0.717) is 39.5 Å². The molecule has 0 saturated heterocycles. The van der Waals surface area contributed by atoms with Crippen molar-refractivity contribution in [1.82, 2.24) is 15.0 Å². The van der Waals surface area contributed by atoms with Gasteiger partial charge in [-0.15, -0.1) is 5.10 Å². The maximum absolute atomic E-state index is 12.9. The summed E-state index contributed by atoms with van der Waals surface area (Å²) < 4.78 is 11.5. The molecule has 0 fully saturated rings. The van der Waals surface area contributed by atoms with E-state index in [2.05, 4.69) is 15.6 Å². The summed E-state index contributed by atoms with van der Waals surface area (Å²) in [4.78, 5) is 25.7. The zero-order chi connectivity index (χ0) is 20.3. The number of carbonyl (C=O) groups excluding carboxylic acids is 1. The van der Waals surface area contributed by atoms with E-state index in [0.717, 1.165) is 4.68 Å². The normalized spacial score (nSPS) is 11.9. The minimum Gasteiger partial charge on any atom is -0.495 e. The highest BCUT2D eigenvalue weighted by Gasteiger charge is 2.24. The number of carbonyl (C=O) groups is 1. The summed E-state index contributed by atoms with van der Waals surface area (Å²) in [6.45, 7) is 1.78. The number of nitrogens with one attached hydrogen (secondary N) is 1. The van der Waals surface area contributed by atoms with Gasteiger partial charge in [-0.2, -0.15) is 4.68 Å². The lowest BCUT2D eigenvalue weighted by molar-refractivity contribution is -0.119. The minimum absolute atomic E-state index is 0.314. The predicted molar refractivity (Wildman–Crippen MR) is 106 cm³/mol. The summed E-state index contributed by atoms with van der Waals surface area (Å²) in [7, 11) is 2.95. The molecule has 2 aromatic carbocycles. The Morgan fingerprint density at radius 2 is 1.93 bits per heavy atom. The summed E-state index contributed by atoms with van der Waals surface area (Å²) in [5.41, 5.74) is 0.452. The Kier molecular flexibility index (Phi) is 5.79. The number of nitrogens with zero attached hydrogens (tertiary/aromatic N) is 3. The van der Waals surface area contributed by atoms with Gasteiger partial charge in [0.25, 0.3) is 5.56 Å². The van der Waals surface area contributed by atoms with E-state index < -0.39 is 11.9 Å². The van der Waals surface area contributed by atoms with Gasteiger partial charge in [0.05, 0.1) is 30.3 Å². The summed E-state index contributed by atoms with van der Waals surface area (Å²) in [6, 6.07) is 9.10. The van der Waals surface area contributed by atoms with Crippen LogP contribution >= 0.6 is 11.6 Å². The number of methoxy groups -OCH3 is 2. The van der Waals surface area contributed by atoms with Gasteiger partial charge in [0.1, 0.15) is 23.1 Å². The first-order chi connectivity index (χ1) is 13.5. The molecule has 0 aliphatic carbocycles. The molecule has 0 spiro atoms. The zero-order valence-electron chi connectivity index (χ0n) is 15.6. The Labute approximate surface area is 166 Å². The number of anilines is 1. The van der Waals surface area contributed by atoms with Gasteiger partial charge in [0, 0.05) is 6.07 Å². The van der Waals surface area contributed by atoms with Crippen molar-refractivity contribution >= 4 is 34.1 Å². The fourth-order valence-corrected chi connectivity index (χ4v) is 3.09. The van der Waals surface area contributed by atoms with Crippen LogP contribution in [0.3, 0.4) is 0 Å². The van der Waals surface area contributed by atoms with Crippen LogP contribution in [-0.2, 0) is 4.79 Å². The second-order valence-electron chi connectivity index (χ2n) is 5.96. The number of aromatic nitrogens is 3. The lowest BCUT2D eigenvalue weighted by Gasteiger charge is -2.18. The molecule has 1 amide bonds. The standard InChI is InChI=1S/C19H19ClN4O4/c1-4-15(24-19(26)11-7-5-6-8-13(11)22-23-24)18(25)21-14-9-12(20)16(27-2)10-17(14)28-3/h5-10,15H,4H2,1-3H3,(H,21,25). The topological polar surface area (TPSA) is 95.3 Å². The molecule has 9 heteroatoms. The van der Waals surface area contributed by atoms with Gasteiger partial charge in [0.15, 0.2) is 0 Å². The second kappa shape index (κ2) is 8.26. The molecule has 0 saturated carbocycles. The Morgan fingerprint density at radius 3 is 2.61 bits per heavy atom. The molecule has 28 heavy (non-hydrogen) atoms. The first-order valence-corrected chi connectivity index (χ1v) is 8.94. The second-order valence-corrected chi connectivity index (χ2v) is 6.36. The summed E-state index contributed by atoms with van der Waals surface area (Å²) in [6.07, 6.45) is 0.338. The van der Waals surface area contributed by atoms with Crippen molar-refractivity contribution in [3.63, 3.8) is 0 Å². The third-order valence-electron chi connectivity index (χ3n) is 4.31. The van der Waals surface area contributed by atoms with Crippen LogP contribution < -0.4 is 20.3 Å². The molecule has 0 bridgehead atoms. The summed E-state index contributed by atoms with van der Waals surface area (Å²) in [5.74, 6) is 0.357. The van der Waals surface area contributed by atoms with Crippen molar-refractivity contribution in [1.29, 1.82) is 0 Å². The SMILES string of the molecule is CCC(C(=O)Nc1cc(Cl)c(OC)cc1OC)n1nnc2ccccc2c1=O. The van der Waals surface area contributed by atoms with E-state index in [9.17, 15) is 9.59 Å². The van der Waals surface area contributed by atoms with Crippen molar-refractivity contribution < 1.29 is 14.3 Å². The van der Waals surface area contributed by atoms with E-state index in [4.69, 9.17) is 21.1 Å². The molecular formula is C19H19ClN4O4. The monoisotopic (exact) mass is 402 g/mol. The molecule has 0 aliphatic rings. The van der Waals surface area contributed by atoms with Crippen molar-refractivity contribution in [2.24, 2.45) is 0 Å². The quantitative estimate of drug-likeness (QED) is 0.680. The van der Waals surface area contributed by atoms with E-state index in [1.54, 1.807) is 37.3 Å². The first kappa shape index (κ1) is 19.6. The van der Waals surface area contributed by atoms with Crippen LogP contribution in [0.15, 0.2) is 41.2 Å². The summed E-state index contributed by atoms with van der Waals surface area (Å²) >= 11 is 6.15. The van der Waals surface area contributed by atoms with Crippen LogP contribution in [0.5, 0.6) is 11.5 Å². The number of benzene rings is 2. The largest absolute Gasteiger partial charge is 0.495 e. The van der Waals surface area contributed by atoms with Crippen LogP contribution in [0.4, 0.5) is 5.69 Å². The number of halogens is 1. The molecule has 1 unspecified atom stereocenters. The number of hydrogen-bond acceptors (Lipinski definition) is 6. The lowest BCUT2D eigenvalue weighted by atomic mass is 10.2. The molecule has 1 aromatic heterocycles. The van der Waals surface area contributed by atoms with Crippen LogP contribution in [-0.4, -0.2) is 35.1 Å². The highest BCUT2D eigenvalue weighted by Crippen LogP contribution is 2.36. The summed E-state index contributed by atoms with van der Waals surface area (Å²) in [5, 5.41) is 11.4. The zero-order valence-corrected chi connectivity index (χ0v) is 16.4. The van der Waals surface area contributed by atoms with Crippen LogP contribution in [0, 0.1) is 0 Å². The Bertz CT molecular complexity index is 1080. The number of ether oxygens (including phenoxy) is 2. The third-order valence-corrected chi connectivity index (χ3v) is 4.60. The smallest absolute Gasteiger partial charge is 0.278 e. The predicted octanol–water partition coefficient (Wildman–Crippen LogP) is 3.05. The highest BCUT2D eigenvalue weighted by molar-refractivity contribution is 6.32. The highest BCUT2D eigenvalue weighted by atomic mass is 35.5. The molecule has 1 N–H and O–H groups in total. The average Bonchev–Trinajstić information content (AvgIpc) is 2.70. The Balaban J connectivity index is 1.96. The van der Waals surface area contributed by atoms with E-state index in [1.807, 2.05) is 0 Å². The van der Waals surface area contributed by atoms with Crippen LogP contribution in [0.25, 0.3) is 10.9 Å². The Morgan fingerprint density at radius 1 is 1.21 bits per heavy atom. The molecule has 3 rings (SSSR count). The van der Waals surface area contributed by atoms with Crippen molar-refractivity contribution in [3.05, 3.63) is 51.8 Å². The van der Waals surface area contributed by atoms with Crippen LogP contribution in [0.2, 0.25) is 5.02 Å². The molecule has 1 heterocycles. The minimum atomic E-state index is -0.852. The van der Waals surface area contributed by atoms with E-state index in [1.165, 1.54) is 20.3 Å². The van der Waals surface area contributed by atoms with Gasteiger partial charge in [-0.1, -0.05) is 35.9 Å².